The minimum atomic E-state index is -0.720. The molecule has 0 saturated carbocycles. The smallest absolute Gasteiger partial charge is 0.313 e. The van der Waals surface area contributed by atoms with Crippen LogP contribution in [0.25, 0.3) is 0 Å². The molecule has 1 heterocycles. The van der Waals surface area contributed by atoms with E-state index in [1.54, 1.807) is 37.8 Å². The lowest BCUT2D eigenvalue weighted by Crippen LogP contribution is -2.46. The van der Waals surface area contributed by atoms with Crippen molar-refractivity contribution in [3.63, 3.8) is 0 Å². The van der Waals surface area contributed by atoms with Crippen molar-refractivity contribution in [3.8, 4) is 0 Å². The van der Waals surface area contributed by atoms with Crippen molar-refractivity contribution in [1.82, 2.24) is 5.32 Å². The van der Waals surface area contributed by atoms with Gasteiger partial charge in [-0.05, 0) is 51.8 Å². The molecule has 2 rings (SSSR count). The topological polar surface area (TPSA) is 78.5 Å². The van der Waals surface area contributed by atoms with Crippen molar-refractivity contribution in [2.24, 2.45) is 0 Å². The molecule has 23 heavy (non-hydrogen) atoms. The third-order valence-corrected chi connectivity index (χ3v) is 3.53. The summed E-state index contributed by atoms with van der Waals surface area (Å²) in [7, 11) is 0. The van der Waals surface area contributed by atoms with E-state index in [9.17, 15) is 14.4 Å². The zero-order valence-electron chi connectivity index (χ0n) is 14.0. The van der Waals surface area contributed by atoms with E-state index in [1.165, 1.54) is 0 Å². The van der Waals surface area contributed by atoms with Gasteiger partial charge in [-0.15, -0.1) is 0 Å². The number of nitrogens with zero attached hydrogens (tertiary/aromatic N) is 1. The van der Waals surface area contributed by atoms with E-state index in [2.05, 4.69) is 10.6 Å². The predicted molar refractivity (Wildman–Crippen MR) is 89.3 cm³/mol. The van der Waals surface area contributed by atoms with Crippen LogP contribution in [0.5, 0.6) is 0 Å². The molecule has 1 aromatic carbocycles. The summed E-state index contributed by atoms with van der Waals surface area (Å²) in [6, 6.07) is 5.29. The summed E-state index contributed by atoms with van der Waals surface area (Å²) in [5.41, 5.74) is 1.76. The molecular formula is C17H23N3O3. The number of carbonyl (C=O) groups is 3. The number of amides is 3. The molecule has 0 bridgehead atoms. The van der Waals surface area contributed by atoms with Crippen LogP contribution in [0.4, 0.5) is 11.4 Å². The highest BCUT2D eigenvalue weighted by atomic mass is 16.2. The molecule has 1 fully saturated rings. The number of carbonyl (C=O) groups excluding carboxylic acids is 3. The summed E-state index contributed by atoms with van der Waals surface area (Å²) in [4.78, 5) is 37.4. The minimum absolute atomic E-state index is 0.0852. The van der Waals surface area contributed by atoms with E-state index >= 15 is 0 Å². The standard InChI is InChI=1S/C17H23N3O3/c1-11-7-8-12(10-13(11)20-9-5-6-14(20)21)18-15(22)16(23)19-17(2,3)4/h7-8,10H,5-6,9H2,1-4H3,(H,18,22)(H,19,23). The zero-order valence-corrected chi connectivity index (χ0v) is 14.0. The molecule has 0 spiro atoms. The van der Waals surface area contributed by atoms with Crippen LogP contribution in [0.15, 0.2) is 18.2 Å². The van der Waals surface area contributed by atoms with E-state index in [4.69, 9.17) is 0 Å². The van der Waals surface area contributed by atoms with Crippen molar-refractivity contribution >= 4 is 29.1 Å². The molecule has 0 unspecified atom stereocenters. The quantitative estimate of drug-likeness (QED) is 0.819. The highest BCUT2D eigenvalue weighted by Gasteiger charge is 2.24. The van der Waals surface area contributed by atoms with Crippen LogP contribution < -0.4 is 15.5 Å². The van der Waals surface area contributed by atoms with E-state index in [0.717, 1.165) is 17.7 Å². The Kier molecular flexibility index (Phi) is 4.73. The number of benzene rings is 1. The van der Waals surface area contributed by atoms with Gasteiger partial charge in [-0.25, -0.2) is 0 Å². The van der Waals surface area contributed by atoms with Crippen LogP contribution in [0.3, 0.4) is 0 Å². The predicted octanol–water partition coefficient (Wildman–Crippen LogP) is 1.98. The average Bonchev–Trinajstić information content (AvgIpc) is 2.85. The summed E-state index contributed by atoms with van der Waals surface area (Å²) in [6.07, 6.45) is 1.38. The molecule has 3 amide bonds. The minimum Gasteiger partial charge on any atom is -0.343 e. The van der Waals surface area contributed by atoms with E-state index in [1.807, 2.05) is 13.0 Å². The Hall–Kier alpha value is -2.37. The van der Waals surface area contributed by atoms with E-state index in [0.29, 0.717) is 18.7 Å². The summed E-state index contributed by atoms with van der Waals surface area (Å²) >= 11 is 0. The van der Waals surface area contributed by atoms with Gasteiger partial charge in [0, 0.05) is 29.9 Å². The van der Waals surface area contributed by atoms with Gasteiger partial charge in [-0.1, -0.05) is 6.07 Å². The van der Waals surface area contributed by atoms with Crippen LogP contribution in [0.1, 0.15) is 39.2 Å². The zero-order chi connectivity index (χ0) is 17.2. The lowest BCUT2D eigenvalue weighted by atomic mass is 10.1. The lowest BCUT2D eigenvalue weighted by Gasteiger charge is -2.21. The Labute approximate surface area is 136 Å². The maximum absolute atomic E-state index is 12.0. The van der Waals surface area contributed by atoms with Gasteiger partial charge in [0.05, 0.1) is 0 Å². The first-order chi connectivity index (χ1) is 10.7. The molecule has 1 saturated heterocycles. The highest BCUT2D eigenvalue weighted by Crippen LogP contribution is 2.28. The fourth-order valence-corrected chi connectivity index (χ4v) is 2.47. The van der Waals surface area contributed by atoms with Crippen molar-refractivity contribution in [1.29, 1.82) is 0 Å². The first-order valence-electron chi connectivity index (χ1n) is 7.72. The van der Waals surface area contributed by atoms with Crippen LogP contribution in [0, 0.1) is 6.92 Å². The second kappa shape index (κ2) is 6.40. The first kappa shape index (κ1) is 17.0. The van der Waals surface area contributed by atoms with Gasteiger partial charge >= 0.3 is 11.8 Å². The fraction of sp³-hybridized carbons (Fsp3) is 0.471. The summed E-state index contributed by atoms with van der Waals surface area (Å²) in [6.45, 7) is 8.02. The van der Waals surface area contributed by atoms with Crippen molar-refractivity contribution in [3.05, 3.63) is 23.8 Å². The maximum Gasteiger partial charge on any atom is 0.313 e. The molecule has 2 N–H and O–H groups in total. The third kappa shape index (κ3) is 4.31. The van der Waals surface area contributed by atoms with Gasteiger partial charge in [0.25, 0.3) is 0 Å². The molecule has 0 aliphatic carbocycles. The maximum atomic E-state index is 12.0. The Morgan fingerprint density at radius 1 is 1.17 bits per heavy atom. The number of hydrogen-bond donors (Lipinski definition) is 2. The van der Waals surface area contributed by atoms with Crippen molar-refractivity contribution < 1.29 is 14.4 Å². The molecular weight excluding hydrogens is 294 g/mol. The second-order valence-electron chi connectivity index (χ2n) is 6.81. The molecule has 0 atom stereocenters. The lowest BCUT2D eigenvalue weighted by molar-refractivity contribution is -0.137. The Morgan fingerprint density at radius 2 is 1.87 bits per heavy atom. The monoisotopic (exact) mass is 317 g/mol. The highest BCUT2D eigenvalue weighted by molar-refractivity contribution is 6.39. The van der Waals surface area contributed by atoms with Gasteiger partial charge in [0.15, 0.2) is 0 Å². The normalized spacial score (nSPS) is 14.8. The molecule has 6 heteroatoms. The van der Waals surface area contributed by atoms with Gasteiger partial charge in [-0.2, -0.15) is 0 Å². The van der Waals surface area contributed by atoms with Crippen molar-refractivity contribution in [2.75, 3.05) is 16.8 Å². The van der Waals surface area contributed by atoms with Crippen LogP contribution in [-0.2, 0) is 14.4 Å². The summed E-state index contributed by atoms with van der Waals surface area (Å²) in [5, 5.41) is 5.19. The van der Waals surface area contributed by atoms with E-state index in [-0.39, 0.29) is 5.91 Å². The molecule has 1 aromatic rings. The number of rotatable bonds is 2. The largest absolute Gasteiger partial charge is 0.343 e. The SMILES string of the molecule is Cc1ccc(NC(=O)C(=O)NC(C)(C)C)cc1N1CCCC1=O. The molecule has 0 radical (unpaired) electrons. The molecule has 124 valence electrons. The Morgan fingerprint density at radius 3 is 2.43 bits per heavy atom. The van der Waals surface area contributed by atoms with Crippen LogP contribution in [-0.4, -0.2) is 29.8 Å². The fourth-order valence-electron chi connectivity index (χ4n) is 2.47. The van der Waals surface area contributed by atoms with E-state index < -0.39 is 17.4 Å². The molecule has 1 aliphatic heterocycles. The molecule has 6 nitrogen and oxygen atoms in total. The Balaban J connectivity index is 2.13. The second-order valence-corrected chi connectivity index (χ2v) is 6.81. The number of nitrogens with one attached hydrogen (secondary N) is 2. The van der Waals surface area contributed by atoms with Crippen molar-refractivity contribution in [2.45, 2.75) is 46.1 Å². The number of anilines is 2. The number of hydrogen-bond acceptors (Lipinski definition) is 3. The first-order valence-corrected chi connectivity index (χ1v) is 7.72. The Bertz CT molecular complexity index is 647. The molecule has 1 aliphatic rings. The molecule has 0 aromatic heterocycles. The number of aryl methyl sites for hydroxylation is 1. The van der Waals surface area contributed by atoms with Gasteiger partial charge < -0.3 is 15.5 Å². The third-order valence-electron chi connectivity index (χ3n) is 3.53. The summed E-state index contributed by atoms with van der Waals surface area (Å²) in [5.74, 6) is -1.32. The van der Waals surface area contributed by atoms with Gasteiger partial charge in [-0.3, -0.25) is 14.4 Å². The average molecular weight is 317 g/mol. The summed E-state index contributed by atoms with van der Waals surface area (Å²) < 4.78 is 0. The van der Waals surface area contributed by atoms with Gasteiger partial charge in [0.1, 0.15) is 0 Å². The van der Waals surface area contributed by atoms with Crippen LogP contribution >= 0.6 is 0 Å². The van der Waals surface area contributed by atoms with Gasteiger partial charge in [0.2, 0.25) is 5.91 Å². The van der Waals surface area contributed by atoms with Crippen LogP contribution in [0.2, 0.25) is 0 Å².